The molecular weight excluding hydrogens is 306 g/mol. The number of furan rings is 1. The molecule has 0 aliphatic heterocycles. The van der Waals surface area contributed by atoms with Crippen molar-refractivity contribution in [2.75, 3.05) is 7.11 Å². The molecule has 0 saturated heterocycles. The first-order chi connectivity index (χ1) is 10.7. The van der Waals surface area contributed by atoms with Crippen LogP contribution in [0, 0.1) is 4.84 Å². The topological polar surface area (TPSA) is 83.3 Å². The molecule has 22 heavy (non-hydrogen) atoms. The molecule has 0 unspecified atom stereocenters. The predicted octanol–water partition coefficient (Wildman–Crippen LogP) is 2.70. The molecule has 0 radical (unpaired) electrons. The average Bonchev–Trinajstić information content (AvgIpc) is 3.15. The van der Waals surface area contributed by atoms with Crippen molar-refractivity contribution in [2.45, 2.75) is 6.54 Å². The van der Waals surface area contributed by atoms with Gasteiger partial charge in [0.1, 0.15) is 12.3 Å². The number of carbonyl (C=O) groups is 1. The molecule has 3 heterocycles. The number of nitrogens with zero attached hydrogens (tertiary/aromatic N) is 3. The van der Waals surface area contributed by atoms with Gasteiger partial charge in [0.15, 0.2) is 0 Å². The van der Waals surface area contributed by atoms with E-state index in [0.29, 0.717) is 11.7 Å². The Morgan fingerprint density at radius 3 is 2.95 bits per heavy atom. The molecule has 0 saturated carbocycles. The lowest BCUT2D eigenvalue weighted by Gasteiger charge is -1.96. The molecule has 0 bridgehead atoms. The molecule has 3 rings (SSSR count). The van der Waals surface area contributed by atoms with Crippen LogP contribution in [0.2, 0.25) is 0 Å². The Bertz CT molecular complexity index is 850. The zero-order valence-corrected chi connectivity index (χ0v) is 12.4. The summed E-state index contributed by atoms with van der Waals surface area (Å²) in [6.07, 6.45) is 3.29. The van der Waals surface area contributed by atoms with Crippen LogP contribution in [-0.2, 0) is 11.3 Å². The molecule has 0 atom stereocenters. The molecule has 0 fully saturated rings. The van der Waals surface area contributed by atoms with Crippen LogP contribution in [-0.4, -0.2) is 27.8 Å². The number of hydrogen-bond acceptors (Lipinski definition) is 7. The SMILES string of the molecule is COC(=O)c1ccc(Cn2nc(-c3cccnc3)oc2=S)o1. The first-order valence-electron chi connectivity index (χ1n) is 6.33. The van der Waals surface area contributed by atoms with Gasteiger partial charge in [0.05, 0.1) is 12.7 Å². The second-order valence-corrected chi connectivity index (χ2v) is 4.68. The molecule has 112 valence electrons. The van der Waals surface area contributed by atoms with Gasteiger partial charge in [-0.2, -0.15) is 0 Å². The van der Waals surface area contributed by atoms with Crippen molar-refractivity contribution in [3.63, 3.8) is 0 Å². The first-order valence-corrected chi connectivity index (χ1v) is 6.73. The van der Waals surface area contributed by atoms with E-state index in [1.54, 1.807) is 24.5 Å². The standard InChI is InChI=1S/C14H11N3O4S/c1-19-13(18)11-5-4-10(20-11)8-17-14(22)21-12(16-17)9-3-2-6-15-7-9/h2-7H,8H2,1H3. The van der Waals surface area contributed by atoms with E-state index in [9.17, 15) is 4.79 Å². The summed E-state index contributed by atoms with van der Waals surface area (Å²) in [4.78, 5) is 15.6. The van der Waals surface area contributed by atoms with Gasteiger partial charge in [0, 0.05) is 12.4 Å². The van der Waals surface area contributed by atoms with Crippen LogP contribution >= 0.6 is 12.2 Å². The van der Waals surface area contributed by atoms with E-state index in [1.807, 2.05) is 6.07 Å². The minimum atomic E-state index is -0.536. The lowest BCUT2D eigenvalue weighted by molar-refractivity contribution is 0.0562. The molecule has 0 N–H and O–H groups in total. The van der Waals surface area contributed by atoms with Crippen molar-refractivity contribution in [2.24, 2.45) is 0 Å². The summed E-state index contributed by atoms with van der Waals surface area (Å²) in [5, 5.41) is 4.28. The van der Waals surface area contributed by atoms with Gasteiger partial charge < -0.3 is 13.6 Å². The summed E-state index contributed by atoms with van der Waals surface area (Å²) >= 11 is 5.13. The normalized spacial score (nSPS) is 10.6. The van der Waals surface area contributed by atoms with Crippen molar-refractivity contribution in [3.8, 4) is 11.5 Å². The summed E-state index contributed by atoms with van der Waals surface area (Å²) in [5.41, 5.74) is 0.724. The van der Waals surface area contributed by atoms with Gasteiger partial charge in [-0.1, -0.05) is 0 Å². The fourth-order valence-electron chi connectivity index (χ4n) is 1.83. The number of rotatable bonds is 4. The van der Waals surface area contributed by atoms with Crippen molar-refractivity contribution in [3.05, 3.63) is 53.0 Å². The first kappa shape index (κ1) is 14.2. The van der Waals surface area contributed by atoms with Crippen LogP contribution < -0.4 is 0 Å². The zero-order chi connectivity index (χ0) is 15.5. The summed E-state index contributed by atoms with van der Waals surface area (Å²) in [6, 6.07) is 6.79. The largest absolute Gasteiger partial charge is 0.463 e. The van der Waals surface area contributed by atoms with Crippen molar-refractivity contribution < 1.29 is 18.4 Å². The van der Waals surface area contributed by atoms with Gasteiger partial charge in [-0.15, -0.1) is 5.10 Å². The number of ether oxygens (including phenoxy) is 1. The summed E-state index contributed by atoms with van der Waals surface area (Å²) < 4.78 is 16.9. The maximum absolute atomic E-state index is 11.4. The molecule has 3 aromatic rings. The van der Waals surface area contributed by atoms with Gasteiger partial charge in [-0.05, 0) is 36.5 Å². The summed E-state index contributed by atoms with van der Waals surface area (Å²) in [5.74, 6) is 0.478. The van der Waals surface area contributed by atoms with E-state index >= 15 is 0 Å². The van der Waals surface area contributed by atoms with Crippen LogP contribution in [0.1, 0.15) is 16.3 Å². The van der Waals surface area contributed by atoms with Crippen LogP contribution in [0.3, 0.4) is 0 Å². The number of hydrogen-bond donors (Lipinski definition) is 0. The van der Waals surface area contributed by atoms with Gasteiger partial charge in [-0.25, -0.2) is 9.48 Å². The van der Waals surface area contributed by atoms with Crippen LogP contribution in [0.15, 0.2) is 45.5 Å². The number of pyridine rings is 1. The Labute approximate surface area is 130 Å². The maximum atomic E-state index is 11.4. The van der Waals surface area contributed by atoms with Gasteiger partial charge in [-0.3, -0.25) is 4.98 Å². The Morgan fingerprint density at radius 1 is 1.36 bits per heavy atom. The fraction of sp³-hybridized carbons (Fsp3) is 0.143. The maximum Gasteiger partial charge on any atom is 0.373 e. The minimum absolute atomic E-state index is 0.125. The second-order valence-electron chi connectivity index (χ2n) is 4.33. The van der Waals surface area contributed by atoms with Crippen molar-refractivity contribution in [1.29, 1.82) is 0 Å². The zero-order valence-electron chi connectivity index (χ0n) is 11.6. The molecule has 0 aliphatic rings. The minimum Gasteiger partial charge on any atom is -0.463 e. The third-order valence-corrected chi connectivity index (χ3v) is 3.16. The van der Waals surface area contributed by atoms with Crippen molar-refractivity contribution >= 4 is 18.2 Å². The molecule has 8 heteroatoms. The quantitative estimate of drug-likeness (QED) is 0.540. The predicted molar refractivity (Wildman–Crippen MR) is 77.7 cm³/mol. The summed E-state index contributed by atoms with van der Waals surface area (Å²) in [7, 11) is 1.29. The Balaban J connectivity index is 1.84. The Morgan fingerprint density at radius 2 is 2.23 bits per heavy atom. The Hall–Kier alpha value is -2.74. The molecule has 0 amide bonds. The number of aromatic nitrogens is 3. The van der Waals surface area contributed by atoms with E-state index in [4.69, 9.17) is 21.1 Å². The van der Waals surface area contributed by atoms with Crippen LogP contribution in [0.25, 0.3) is 11.5 Å². The van der Waals surface area contributed by atoms with Crippen LogP contribution in [0.5, 0.6) is 0 Å². The van der Waals surface area contributed by atoms with E-state index in [1.165, 1.54) is 17.9 Å². The van der Waals surface area contributed by atoms with Gasteiger partial charge in [0.2, 0.25) is 11.7 Å². The van der Waals surface area contributed by atoms with E-state index in [2.05, 4.69) is 14.8 Å². The molecule has 3 aromatic heterocycles. The number of methoxy groups -OCH3 is 1. The fourth-order valence-corrected chi connectivity index (χ4v) is 2.02. The highest BCUT2D eigenvalue weighted by molar-refractivity contribution is 7.71. The highest BCUT2D eigenvalue weighted by Crippen LogP contribution is 2.17. The lowest BCUT2D eigenvalue weighted by Crippen LogP contribution is -2.02. The van der Waals surface area contributed by atoms with E-state index in [-0.39, 0.29) is 17.1 Å². The molecular formula is C14H11N3O4S. The third kappa shape index (κ3) is 2.82. The van der Waals surface area contributed by atoms with Crippen molar-refractivity contribution in [1.82, 2.24) is 14.8 Å². The second kappa shape index (κ2) is 5.94. The highest BCUT2D eigenvalue weighted by atomic mass is 32.1. The number of carbonyl (C=O) groups excluding carboxylic acids is 1. The monoisotopic (exact) mass is 317 g/mol. The van der Waals surface area contributed by atoms with E-state index < -0.39 is 5.97 Å². The average molecular weight is 317 g/mol. The third-order valence-electron chi connectivity index (χ3n) is 2.87. The lowest BCUT2D eigenvalue weighted by atomic mass is 10.3. The molecule has 0 aromatic carbocycles. The molecule has 0 aliphatic carbocycles. The number of esters is 1. The molecule has 0 spiro atoms. The Kier molecular flexibility index (Phi) is 3.84. The van der Waals surface area contributed by atoms with Gasteiger partial charge in [0.25, 0.3) is 4.84 Å². The molecule has 7 nitrogen and oxygen atoms in total. The van der Waals surface area contributed by atoms with Crippen LogP contribution in [0.4, 0.5) is 0 Å². The highest BCUT2D eigenvalue weighted by Gasteiger charge is 2.13. The van der Waals surface area contributed by atoms with Gasteiger partial charge >= 0.3 is 5.97 Å². The summed E-state index contributed by atoms with van der Waals surface area (Å²) in [6.45, 7) is 0.250. The van der Waals surface area contributed by atoms with E-state index in [0.717, 1.165) is 5.56 Å². The smallest absolute Gasteiger partial charge is 0.373 e.